The Kier molecular flexibility index (Phi) is 5.92. The third-order valence-corrected chi connectivity index (χ3v) is 10.8. The molecule has 6 aromatic carbocycles. The molecule has 1 N–H and O–H groups in total. The zero-order valence-corrected chi connectivity index (χ0v) is 26.3. The Labute approximate surface area is 276 Å². The zero-order chi connectivity index (χ0) is 31.8. The third-order valence-electron chi connectivity index (χ3n) is 10.8. The van der Waals surface area contributed by atoms with Gasteiger partial charge in [-0.05, 0) is 96.5 Å². The topological polar surface area (TPSA) is 23.9 Å². The Morgan fingerprint density at radius 3 is 1.60 bits per heavy atom. The van der Waals surface area contributed by atoms with E-state index in [4.69, 9.17) is 12.0 Å². The fourth-order valence-electron chi connectivity index (χ4n) is 8.96. The Morgan fingerprint density at radius 1 is 0.511 bits per heavy atom. The summed E-state index contributed by atoms with van der Waals surface area (Å²) in [5.41, 5.74) is 17.4. The van der Waals surface area contributed by atoms with Crippen molar-refractivity contribution in [2.45, 2.75) is 17.8 Å². The molecule has 0 fully saturated rings. The molecule has 1 nitrogen and oxygen atoms in total. The maximum Gasteiger partial charge on any atom is 0.0720 e. The lowest BCUT2D eigenvalue weighted by Crippen LogP contribution is -2.43. The summed E-state index contributed by atoms with van der Waals surface area (Å²) in [6.07, 6.45) is 7.98. The van der Waals surface area contributed by atoms with Gasteiger partial charge in [-0.1, -0.05) is 158 Å². The minimum Gasteiger partial charge on any atom is -0.308 e. The first kappa shape index (κ1) is 27.5. The predicted molar refractivity (Wildman–Crippen MR) is 195 cm³/mol. The molecule has 47 heavy (non-hydrogen) atoms. The second-order valence-corrected chi connectivity index (χ2v) is 12.8. The Balaban J connectivity index is 1.50. The molecule has 0 aromatic heterocycles. The van der Waals surface area contributed by atoms with Crippen LogP contribution in [0.3, 0.4) is 0 Å². The molecule has 0 saturated heterocycles. The van der Waals surface area contributed by atoms with Gasteiger partial charge in [-0.25, -0.2) is 0 Å². The van der Waals surface area contributed by atoms with Gasteiger partial charge < -0.3 is 5.41 Å². The number of rotatable bonds is 3. The number of benzene rings is 6. The maximum atomic E-state index is 7.75. The van der Waals surface area contributed by atoms with Crippen molar-refractivity contribution in [3.8, 4) is 22.3 Å². The number of hydrogen-bond acceptors (Lipinski definition) is 1. The largest absolute Gasteiger partial charge is 0.308 e. The first-order valence-corrected chi connectivity index (χ1v) is 16.3. The van der Waals surface area contributed by atoms with Crippen LogP contribution in [0, 0.1) is 5.41 Å². The van der Waals surface area contributed by atoms with Crippen molar-refractivity contribution in [1.29, 1.82) is 5.41 Å². The Morgan fingerprint density at radius 2 is 1.00 bits per heavy atom. The van der Waals surface area contributed by atoms with Crippen LogP contribution in [-0.2, 0) is 10.8 Å². The minimum absolute atomic E-state index is 0.489. The van der Waals surface area contributed by atoms with E-state index in [-0.39, 0.29) is 0 Å². The van der Waals surface area contributed by atoms with Gasteiger partial charge in [-0.2, -0.15) is 0 Å². The molecule has 0 bridgehead atoms. The molecular formula is C46H33N. The molecule has 6 aromatic rings. The molecule has 2 spiro atoms. The first-order chi connectivity index (χ1) is 23.1. The number of hydrogen-bond donors (Lipinski definition) is 1. The molecular weight excluding hydrogens is 567 g/mol. The van der Waals surface area contributed by atoms with Gasteiger partial charge in [0.15, 0.2) is 0 Å². The number of allylic oxidation sites excluding steroid dienone is 5. The highest BCUT2D eigenvalue weighted by Crippen LogP contribution is 2.67. The molecule has 0 heterocycles. The summed E-state index contributed by atoms with van der Waals surface area (Å²) in [5, 5.41) is 7.75. The van der Waals surface area contributed by atoms with Crippen LogP contribution in [0.15, 0.2) is 170 Å². The van der Waals surface area contributed by atoms with E-state index in [2.05, 4.69) is 153 Å². The fourth-order valence-corrected chi connectivity index (χ4v) is 8.96. The van der Waals surface area contributed by atoms with Crippen LogP contribution >= 0.6 is 0 Å². The number of nitrogens with one attached hydrogen (secondary N) is 1. The van der Waals surface area contributed by atoms with Crippen molar-refractivity contribution in [2.24, 2.45) is 0 Å². The highest BCUT2D eigenvalue weighted by molar-refractivity contribution is 5.98. The van der Waals surface area contributed by atoms with Crippen LogP contribution in [0.25, 0.3) is 27.8 Å². The van der Waals surface area contributed by atoms with E-state index < -0.39 is 10.8 Å². The van der Waals surface area contributed by atoms with E-state index in [0.29, 0.717) is 0 Å². The lowest BCUT2D eigenvalue weighted by atomic mass is 9.52. The van der Waals surface area contributed by atoms with Crippen molar-refractivity contribution >= 4 is 11.8 Å². The molecule has 0 amide bonds. The van der Waals surface area contributed by atoms with E-state index in [1.807, 2.05) is 12.1 Å². The quantitative estimate of drug-likeness (QED) is 0.195. The average Bonchev–Trinajstić information content (AvgIpc) is 3.57. The van der Waals surface area contributed by atoms with E-state index in [1.54, 1.807) is 0 Å². The van der Waals surface area contributed by atoms with Crippen LogP contribution in [0.4, 0.5) is 0 Å². The van der Waals surface area contributed by atoms with Crippen LogP contribution in [0.5, 0.6) is 0 Å². The number of fused-ring (bicyclic) bond motifs is 13. The third kappa shape index (κ3) is 3.41. The molecule has 1 heteroatoms. The van der Waals surface area contributed by atoms with Crippen molar-refractivity contribution < 1.29 is 0 Å². The van der Waals surface area contributed by atoms with E-state index in [0.717, 1.165) is 22.3 Å². The summed E-state index contributed by atoms with van der Waals surface area (Å²) in [6.45, 7) is 6.84. The first-order valence-electron chi connectivity index (χ1n) is 16.3. The smallest absolute Gasteiger partial charge is 0.0720 e. The van der Waals surface area contributed by atoms with Gasteiger partial charge in [0.05, 0.1) is 10.8 Å². The molecule has 0 saturated carbocycles. The summed E-state index contributed by atoms with van der Waals surface area (Å²) in [6, 6.07) is 51.5. The van der Waals surface area contributed by atoms with Gasteiger partial charge in [0.25, 0.3) is 0 Å². The van der Waals surface area contributed by atoms with E-state index >= 15 is 0 Å². The average molecular weight is 600 g/mol. The Hall–Kier alpha value is -5.79. The molecule has 3 aliphatic rings. The SMILES string of the molecule is C=C1/C(=C\C=C/C)C2(c3ccccc31)c1ccccc1C1(c3ccccc3-c3ccccc31)c1ccc(-c3ccc(C=N)cc3)cc12. The van der Waals surface area contributed by atoms with Crippen molar-refractivity contribution in [1.82, 2.24) is 0 Å². The summed E-state index contributed by atoms with van der Waals surface area (Å²) in [7, 11) is 0. The molecule has 0 aliphatic heterocycles. The predicted octanol–water partition coefficient (Wildman–Crippen LogP) is 10.9. The van der Waals surface area contributed by atoms with Crippen molar-refractivity contribution in [3.63, 3.8) is 0 Å². The van der Waals surface area contributed by atoms with Gasteiger partial charge >= 0.3 is 0 Å². The maximum absolute atomic E-state index is 7.75. The minimum atomic E-state index is -0.568. The molecule has 9 rings (SSSR count). The van der Waals surface area contributed by atoms with E-state index in [1.165, 1.54) is 67.4 Å². The lowest BCUT2D eigenvalue weighted by molar-refractivity contribution is 0.633. The van der Waals surface area contributed by atoms with Gasteiger partial charge in [0.1, 0.15) is 0 Å². The van der Waals surface area contributed by atoms with Gasteiger partial charge in [0, 0.05) is 6.21 Å². The fraction of sp³-hybridized carbons (Fsp3) is 0.0652. The molecule has 3 aliphatic carbocycles. The molecule has 0 radical (unpaired) electrons. The van der Waals surface area contributed by atoms with E-state index in [9.17, 15) is 0 Å². The summed E-state index contributed by atoms with van der Waals surface area (Å²) in [4.78, 5) is 0. The van der Waals surface area contributed by atoms with Gasteiger partial charge in [0.2, 0.25) is 0 Å². The van der Waals surface area contributed by atoms with Crippen LogP contribution in [-0.4, -0.2) is 6.21 Å². The second-order valence-electron chi connectivity index (χ2n) is 12.8. The highest BCUT2D eigenvalue weighted by Gasteiger charge is 2.59. The van der Waals surface area contributed by atoms with Crippen LogP contribution in [0.2, 0.25) is 0 Å². The monoisotopic (exact) mass is 599 g/mol. The summed E-state index contributed by atoms with van der Waals surface area (Å²) < 4.78 is 0. The summed E-state index contributed by atoms with van der Waals surface area (Å²) in [5.74, 6) is 0. The van der Waals surface area contributed by atoms with Crippen molar-refractivity contribution in [2.75, 3.05) is 0 Å². The summed E-state index contributed by atoms with van der Waals surface area (Å²) >= 11 is 0. The molecule has 1 unspecified atom stereocenters. The molecule has 222 valence electrons. The van der Waals surface area contributed by atoms with Gasteiger partial charge in [-0.15, -0.1) is 0 Å². The lowest BCUT2D eigenvalue weighted by Gasteiger charge is -2.49. The normalized spacial score (nSPS) is 18.7. The zero-order valence-electron chi connectivity index (χ0n) is 26.3. The highest BCUT2D eigenvalue weighted by atomic mass is 14.6. The van der Waals surface area contributed by atoms with Gasteiger partial charge in [-0.3, -0.25) is 0 Å². The van der Waals surface area contributed by atoms with Crippen molar-refractivity contribution in [3.05, 3.63) is 220 Å². The second kappa shape index (κ2) is 10.1. The van der Waals surface area contributed by atoms with Crippen LogP contribution in [0.1, 0.15) is 57.0 Å². The standard InChI is InChI=1S/C46H33N/c1-3-4-16-37-30(2)34-13-5-8-17-38(34)45(37)41-20-11-12-21-42(41)46(39-18-9-6-14-35(39)36-15-7-10-19-40(36)46)43-27-26-33(28-44(43)45)32-24-22-31(29-47)23-25-32/h3-29,47H,2H2,1H3/b4-3-,37-16+,47-29?. The molecule has 1 atom stereocenters. The Bertz CT molecular complexity index is 2300. The van der Waals surface area contributed by atoms with Crippen LogP contribution < -0.4 is 0 Å².